The quantitative estimate of drug-likeness (QED) is 0.374. The summed E-state index contributed by atoms with van der Waals surface area (Å²) in [5.41, 5.74) is 4.16. The molecule has 0 radical (unpaired) electrons. The fraction of sp³-hybridized carbons (Fsp3) is 0.300. The maximum Gasteiger partial charge on any atom is 0.337 e. The number of carboxylic acids is 1. The number of unbranched alkanes of at least 4 members (excludes halogenated alkanes) is 2. The number of rotatable bonds is 10. The number of aromatic carboxylic acids is 1. The predicted molar refractivity (Wildman–Crippen MR) is 103 cm³/mol. The number of methoxy groups -OCH3 is 1. The van der Waals surface area contributed by atoms with E-state index in [1.54, 1.807) is 31.5 Å². The Kier molecular flexibility index (Phi) is 7.49. The fourth-order valence-corrected chi connectivity index (χ4v) is 2.36. The van der Waals surface area contributed by atoms with Crippen LogP contribution >= 0.6 is 0 Å². The molecular weight excluding hydrogens is 332 g/mol. The lowest BCUT2D eigenvalue weighted by molar-refractivity contribution is 0.0698. The molecule has 0 aliphatic carbocycles. The Bertz CT molecular complexity index is 759. The van der Waals surface area contributed by atoms with Gasteiger partial charge in [-0.1, -0.05) is 31.9 Å². The maximum absolute atomic E-state index is 11.2. The number of nitrogens with zero attached hydrogens (tertiary/aromatic N) is 1. The molecule has 0 heterocycles. The number of anilines is 1. The first kappa shape index (κ1) is 19.3. The molecule has 0 saturated heterocycles. The van der Waals surface area contributed by atoms with Gasteiger partial charge in [0.1, 0.15) is 0 Å². The number of carbonyl (C=O) groups is 1. The molecule has 6 nitrogen and oxygen atoms in total. The zero-order valence-corrected chi connectivity index (χ0v) is 15.1. The van der Waals surface area contributed by atoms with Crippen LogP contribution in [0.5, 0.6) is 11.5 Å². The van der Waals surface area contributed by atoms with Gasteiger partial charge in [0.05, 0.1) is 31.2 Å². The third kappa shape index (κ3) is 5.51. The Morgan fingerprint density at radius 2 is 2.00 bits per heavy atom. The summed E-state index contributed by atoms with van der Waals surface area (Å²) in [5, 5.41) is 13.3. The highest BCUT2D eigenvalue weighted by Gasteiger charge is 2.08. The van der Waals surface area contributed by atoms with Crippen molar-refractivity contribution >= 4 is 17.9 Å². The van der Waals surface area contributed by atoms with E-state index in [1.165, 1.54) is 6.07 Å². The Morgan fingerprint density at radius 3 is 2.73 bits per heavy atom. The van der Waals surface area contributed by atoms with Crippen LogP contribution in [0.25, 0.3) is 0 Å². The molecule has 6 heteroatoms. The summed E-state index contributed by atoms with van der Waals surface area (Å²) >= 11 is 0. The fourth-order valence-electron chi connectivity index (χ4n) is 2.36. The van der Waals surface area contributed by atoms with Crippen molar-refractivity contribution < 1.29 is 19.4 Å². The number of nitrogens with one attached hydrogen (secondary N) is 1. The van der Waals surface area contributed by atoms with Gasteiger partial charge < -0.3 is 14.6 Å². The van der Waals surface area contributed by atoms with E-state index >= 15 is 0 Å². The Balaban J connectivity index is 2.03. The maximum atomic E-state index is 11.2. The molecule has 0 saturated carbocycles. The van der Waals surface area contributed by atoms with Gasteiger partial charge >= 0.3 is 5.97 Å². The molecule has 2 aromatic carbocycles. The number of carboxylic acid groups (broad SMARTS) is 1. The van der Waals surface area contributed by atoms with E-state index in [9.17, 15) is 4.79 Å². The lowest BCUT2D eigenvalue weighted by atomic mass is 10.2. The molecule has 2 aromatic rings. The normalized spacial score (nSPS) is 10.7. The van der Waals surface area contributed by atoms with Gasteiger partial charge in [-0.15, -0.1) is 0 Å². The number of para-hydroxylation sites is 1. The summed E-state index contributed by atoms with van der Waals surface area (Å²) in [6.07, 6.45) is 4.89. The number of hydrogen-bond acceptors (Lipinski definition) is 5. The highest BCUT2D eigenvalue weighted by molar-refractivity contribution is 5.94. The zero-order valence-electron chi connectivity index (χ0n) is 15.1. The van der Waals surface area contributed by atoms with Crippen LogP contribution in [0.2, 0.25) is 0 Å². The molecule has 0 fully saturated rings. The number of hydrogen-bond donors (Lipinski definition) is 2. The SMILES string of the molecule is CCCCCOc1ccc(/C=N/Nc2ccccc2C(=O)O)cc1OC. The summed E-state index contributed by atoms with van der Waals surface area (Å²) in [7, 11) is 1.59. The largest absolute Gasteiger partial charge is 0.493 e. The van der Waals surface area contributed by atoms with Crippen LogP contribution in [0, 0.1) is 0 Å². The third-order valence-corrected chi connectivity index (χ3v) is 3.75. The Morgan fingerprint density at radius 1 is 1.19 bits per heavy atom. The monoisotopic (exact) mass is 356 g/mol. The second kappa shape index (κ2) is 10.1. The van der Waals surface area contributed by atoms with Gasteiger partial charge in [-0.05, 0) is 42.3 Å². The van der Waals surface area contributed by atoms with Crippen LogP contribution in [0.4, 0.5) is 5.69 Å². The van der Waals surface area contributed by atoms with E-state index in [-0.39, 0.29) is 5.56 Å². The molecule has 0 atom stereocenters. The van der Waals surface area contributed by atoms with Crippen LogP contribution in [-0.2, 0) is 0 Å². The van der Waals surface area contributed by atoms with Crippen molar-refractivity contribution in [2.45, 2.75) is 26.2 Å². The number of hydrazone groups is 1. The first-order chi connectivity index (χ1) is 12.7. The minimum Gasteiger partial charge on any atom is -0.493 e. The predicted octanol–water partition coefficient (Wildman–Crippen LogP) is 4.41. The summed E-state index contributed by atoms with van der Waals surface area (Å²) in [6.45, 7) is 2.81. The topological polar surface area (TPSA) is 80.2 Å². The van der Waals surface area contributed by atoms with Crippen molar-refractivity contribution in [2.24, 2.45) is 5.10 Å². The van der Waals surface area contributed by atoms with E-state index in [1.807, 2.05) is 18.2 Å². The summed E-state index contributed by atoms with van der Waals surface area (Å²) in [5.74, 6) is 0.330. The van der Waals surface area contributed by atoms with Crippen LogP contribution in [0.1, 0.15) is 42.1 Å². The minimum absolute atomic E-state index is 0.165. The summed E-state index contributed by atoms with van der Waals surface area (Å²) in [6, 6.07) is 12.1. The van der Waals surface area contributed by atoms with E-state index in [2.05, 4.69) is 17.5 Å². The second-order valence-corrected chi connectivity index (χ2v) is 5.69. The molecule has 0 bridgehead atoms. The molecule has 2 N–H and O–H groups in total. The third-order valence-electron chi connectivity index (χ3n) is 3.75. The minimum atomic E-state index is -1.01. The lowest BCUT2D eigenvalue weighted by Crippen LogP contribution is -2.02. The number of ether oxygens (including phenoxy) is 2. The van der Waals surface area contributed by atoms with E-state index in [4.69, 9.17) is 14.6 Å². The first-order valence-corrected chi connectivity index (χ1v) is 8.58. The first-order valence-electron chi connectivity index (χ1n) is 8.58. The van der Waals surface area contributed by atoms with E-state index < -0.39 is 5.97 Å². The van der Waals surface area contributed by atoms with Gasteiger partial charge in [-0.3, -0.25) is 5.43 Å². The lowest BCUT2D eigenvalue weighted by Gasteiger charge is -2.11. The van der Waals surface area contributed by atoms with Crippen molar-refractivity contribution in [1.29, 1.82) is 0 Å². The molecule has 0 unspecified atom stereocenters. The molecule has 0 aromatic heterocycles. The van der Waals surface area contributed by atoms with Crippen molar-refractivity contribution in [3.63, 3.8) is 0 Å². The average molecular weight is 356 g/mol. The Hall–Kier alpha value is -3.02. The van der Waals surface area contributed by atoms with Crippen molar-refractivity contribution in [3.8, 4) is 11.5 Å². The highest BCUT2D eigenvalue weighted by Crippen LogP contribution is 2.27. The van der Waals surface area contributed by atoms with Gasteiger partial charge in [-0.2, -0.15) is 5.10 Å². The highest BCUT2D eigenvalue weighted by atomic mass is 16.5. The van der Waals surface area contributed by atoms with Crippen LogP contribution < -0.4 is 14.9 Å². The van der Waals surface area contributed by atoms with Crippen LogP contribution in [0.15, 0.2) is 47.6 Å². The molecule has 138 valence electrons. The standard InChI is InChI=1S/C20H24N2O4/c1-3-4-7-12-26-18-11-10-15(13-19(18)25-2)14-21-22-17-9-6-5-8-16(17)20(23)24/h5-6,8-11,13-14,22H,3-4,7,12H2,1-2H3,(H,23,24)/b21-14+. The van der Waals surface area contributed by atoms with Crippen molar-refractivity contribution in [2.75, 3.05) is 19.1 Å². The van der Waals surface area contributed by atoms with E-state index in [0.717, 1.165) is 24.8 Å². The molecule has 0 aliphatic heterocycles. The van der Waals surface area contributed by atoms with Gasteiger partial charge in [0.15, 0.2) is 11.5 Å². The van der Waals surface area contributed by atoms with Gasteiger partial charge in [0.25, 0.3) is 0 Å². The Labute approximate surface area is 153 Å². The van der Waals surface area contributed by atoms with E-state index in [0.29, 0.717) is 23.8 Å². The molecule has 0 amide bonds. The van der Waals surface area contributed by atoms with Gasteiger partial charge in [-0.25, -0.2) is 4.79 Å². The van der Waals surface area contributed by atoms with Crippen LogP contribution in [0.3, 0.4) is 0 Å². The number of benzene rings is 2. The summed E-state index contributed by atoms with van der Waals surface area (Å²) in [4.78, 5) is 11.2. The van der Waals surface area contributed by atoms with Crippen molar-refractivity contribution in [3.05, 3.63) is 53.6 Å². The smallest absolute Gasteiger partial charge is 0.337 e. The molecule has 2 rings (SSSR count). The second-order valence-electron chi connectivity index (χ2n) is 5.69. The van der Waals surface area contributed by atoms with Gasteiger partial charge in [0.2, 0.25) is 0 Å². The summed E-state index contributed by atoms with van der Waals surface area (Å²) < 4.78 is 11.1. The van der Waals surface area contributed by atoms with Crippen LogP contribution in [-0.4, -0.2) is 31.0 Å². The average Bonchev–Trinajstić information content (AvgIpc) is 2.66. The van der Waals surface area contributed by atoms with Crippen molar-refractivity contribution in [1.82, 2.24) is 0 Å². The molecular formula is C20H24N2O4. The zero-order chi connectivity index (χ0) is 18.8. The molecule has 0 aliphatic rings. The van der Waals surface area contributed by atoms with Gasteiger partial charge in [0, 0.05) is 0 Å². The molecule has 0 spiro atoms. The molecule has 26 heavy (non-hydrogen) atoms.